The van der Waals surface area contributed by atoms with E-state index in [1.165, 1.54) is 36.7 Å². The molecule has 0 fully saturated rings. The minimum Gasteiger partial charge on any atom is -0.494 e. The van der Waals surface area contributed by atoms with Crippen LogP contribution in [0.2, 0.25) is 0 Å². The van der Waals surface area contributed by atoms with Crippen LogP contribution in [0.1, 0.15) is 12.7 Å². The maximum absolute atomic E-state index is 13.2. The van der Waals surface area contributed by atoms with Crippen LogP contribution in [0.5, 0.6) is 11.5 Å². The molecule has 3 heterocycles. The van der Waals surface area contributed by atoms with Crippen molar-refractivity contribution in [3.63, 3.8) is 0 Å². The van der Waals surface area contributed by atoms with Gasteiger partial charge in [-0.3, -0.25) is 9.29 Å². The Bertz CT molecular complexity index is 1420. The maximum atomic E-state index is 13.2. The second-order valence-electron chi connectivity index (χ2n) is 7.39. The summed E-state index contributed by atoms with van der Waals surface area (Å²) in [4.78, 5) is 9.00. The minimum absolute atomic E-state index is 0.0568. The molecule has 184 valence electrons. The Morgan fingerprint density at radius 3 is 2.31 bits per heavy atom. The molecule has 0 saturated heterocycles. The summed E-state index contributed by atoms with van der Waals surface area (Å²) in [5, 5.41) is 15.6. The first-order valence-corrected chi connectivity index (χ1v) is 11.8. The van der Waals surface area contributed by atoms with Crippen LogP contribution < -0.4 is 14.2 Å². The molecule has 13 nitrogen and oxygen atoms in total. The van der Waals surface area contributed by atoms with Crippen LogP contribution in [0, 0.1) is 5.82 Å². The van der Waals surface area contributed by atoms with E-state index < -0.39 is 21.1 Å². The summed E-state index contributed by atoms with van der Waals surface area (Å²) < 4.78 is 54.4. The van der Waals surface area contributed by atoms with Crippen molar-refractivity contribution < 1.29 is 22.3 Å². The highest BCUT2D eigenvalue weighted by atomic mass is 32.2. The molecule has 15 heteroatoms. The van der Waals surface area contributed by atoms with Crippen molar-refractivity contribution in [2.24, 2.45) is 7.05 Å². The number of nitrogens with one attached hydrogen (secondary N) is 1. The molecule has 0 amide bonds. The third-order valence-electron chi connectivity index (χ3n) is 5.02. The van der Waals surface area contributed by atoms with Gasteiger partial charge in [-0.1, -0.05) is 6.07 Å². The fraction of sp³-hybridized carbons (Fsp3) is 0.300. The molecule has 35 heavy (non-hydrogen) atoms. The van der Waals surface area contributed by atoms with Crippen molar-refractivity contribution in [3.05, 3.63) is 48.4 Å². The molecular formula is C20H22FN9O4S. The fourth-order valence-corrected chi connectivity index (χ4v) is 4.22. The monoisotopic (exact) mass is 503 g/mol. The molecule has 1 aromatic carbocycles. The Labute approximate surface area is 200 Å². The smallest absolute Gasteiger partial charge is 0.243 e. The average Bonchev–Trinajstić information content (AvgIpc) is 3.45. The second-order valence-corrected chi connectivity index (χ2v) is 9.49. The molecule has 4 aromatic rings. The van der Waals surface area contributed by atoms with Crippen LogP contribution in [0.15, 0.2) is 36.8 Å². The Morgan fingerprint density at radius 2 is 1.74 bits per heavy atom. The van der Waals surface area contributed by atoms with E-state index in [4.69, 9.17) is 9.47 Å². The van der Waals surface area contributed by atoms with E-state index in [9.17, 15) is 12.8 Å². The van der Waals surface area contributed by atoms with Crippen molar-refractivity contribution in [2.45, 2.75) is 18.6 Å². The lowest BCUT2D eigenvalue weighted by molar-refractivity contribution is 0.391. The van der Waals surface area contributed by atoms with Crippen molar-refractivity contribution in [3.8, 4) is 28.7 Å². The van der Waals surface area contributed by atoms with Crippen LogP contribution in [0.3, 0.4) is 0 Å². The summed E-state index contributed by atoms with van der Waals surface area (Å²) in [6, 6.07) is 5.10. The van der Waals surface area contributed by atoms with Crippen molar-refractivity contribution >= 4 is 16.0 Å². The Balaban J connectivity index is 1.79. The van der Waals surface area contributed by atoms with E-state index in [-0.39, 0.29) is 24.0 Å². The van der Waals surface area contributed by atoms with Gasteiger partial charge in [0.2, 0.25) is 16.0 Å². The average molecular weight is 504 g/mol. The number of methoxy groups -OCH3 is 2. The van der Waals surface area contributed by atoms with Crippen LogP contribution in [-0.4, -0.2) is 67.6 Å². The van der Waals surface area contributed by atoms with E-state index in [1.807, 2.05) is 0 Å². The number of aromatic nitrogens is 8. The number of para-hydroxylation sites is 1. The van der Waals surface area contributed by atoms with E-state index in [0.29, 0.717) is 22.9 Å². The van der Waals surface area contributed by atoms with Crippen molar-refractivity contribution in [1.82, 2.24) is 39.7 Å². The maximum Gasteiger partial charge on any atom is 0.243 e. The zero-order valence-electron chi connectivity index (χ0n) is 19.2. The largest absolute Gasteiger partial charge is 0.494 e. The molecule has 0 unspecified atom stereocenters. The standard InChI is InChI=1S/C20H22FN9O4S/c1-12(8-17-22-9-13(21)10-23-17)35(31,32)28-20-26-25-19(14-11-24-29(2)27-14)30(20)18-15(33-3)6-5-7-16(18)34-4/h5-7,9-12H,8H2,1-4H3,(H,26,28)/t12-/m1/s1. The highest BCUT2D eigenvalue weighted by Crippen LogP contribution is 2.37. The molecule has 0 saturated carbocycles. The van der Waals surface area contributed by atoms with Gasteiger partial charge < -0.3 is 9.47 Å². The summed E-state index contributed by atoms with van der Waals surface area (Å²) in [6.07, 6.45) is 3.37. The molecule has 3 aromatic heterocycles. The van der Waals surface area contributed by atoms with Gasteiger partial charge in [-0.05, 0) is 19.1 Å². The molecule has 0 aliphatic heterocycles. The molecular weight excluding hydrogens is 481 g/mol. The van der Waals surface area contributed by atoms with Gasteiger partial charge in [-0.15, -0.1) is 10.2 Å². The number of benzene rings is 1. The number of rotatable bonds is 9. The molecule has 0 aliphatic rings. The van der Waals surface area contributed by atoms with Crippen LogP contribution >= 0.6 is 0 Å². The first kappa shape index (κ1) is 24.0. The molecule has 1 N–H and O–H groups in total. The number of ether oxygens (including phenoxy) is 2. The van der Waals surface area contributed by atoms with Gasteiger partial charge in [0.15, 0.2) is 17.3 Å². The summed E-state index contributed by atoms with van der Waals surface area (Å²) in [5.74, 6) is 0.397. The minimum atomic E-state index is -4.02. The lowest BCUT2D eigenvalue weighted by Gasteiger charge is -2.18. The number of aryl methyl sites for hydroxylation is 1. The summed E-state index contributed by atoms with van der Waals surface area (Å²) in [6.45, 7) is 1.48. The van der Waals surface area contributed by atoms with Gasteiger partial charge >= 0.3 is 0 Å². The Morgan fingerprint density at radius 1 is 1.09 bits per heavy atom. The van der Waals surface area contributed by atoms with Crippen LogP contribution in [0.4, 0.5) is 10.3 Å². The van der Waals surface area contributed by atoms with Gasteiger partial charge in [0.25, 0.3) is 0 Å². The zero-order chi connectivity index (χ0) is 25.2. The molecule has 0 radical (unpaired) electrons. The number of hydrogen-bond donors (Lipinski definition) is 1. The van der Waals surface area contributed by atoms with Gasteiger partial charge in [-0.25, -0.2) is 22.8 Å². The van der Waals surface area contributed by atoms with E-state index >= 15 is 0 Å². The number of anilines is 1. The van der Waals surface area contributed by atoms with Gasteiger partial charge in [0.05, 0.1) is 38.1 Å². The number of sulfonamides is 1. The first-order chi connectivity index (χ1) is 16.7. The normalized spacial score (nSPS) is 12.4. The zero-order valence-corrected chi connectivity index (χ0v) is 20.1. The Kier molecular flexibility index (Phi) is 6.59. The topological polar surface area (TPSA) is 152 Å². The summed E-state index contributed by atoms with van der Waals surface area (Å²) >= 11 is 0. The summed E-state index contributed by atoms with van der Waals surface area (Å²) in [7, 11) is 0.554. The quantitative estimate of drug-likeness (QED) is 0.354. The Hall–Kier alpha value is -4.14. The third kappa shape index (κ3) is 4.89. The van der Waals surface area contributed by atoms with Crippen LogP contribution in [-0.2, 0) is 23.5 Å². The SMILES string of the molecule is COc1cccc(OC)c1-n1c(NS(=O)(=O)[C@H](C)Cc2ncc(F)cn2)nnc1-c1cnn(C)n1. The highest BCUT2D eigenvalue weighted by molar-refractivity contribution is 7.93. The van der Waals surface area contributed by atoms with Crippen molar-refractivity contribution in [1.29, 1.82) is 0 Å². The van der Waals surface area contributed by atoms with E-state index in [2.05, 4.69) is 35.1 Å². The molecule has 1 atom stereocenters. The van der Waals surface area contributed by atoms with E-state index in [1.54, 1.807) is 25.2 Å². The number of hydrogen-bond acceptors (Lipinski definition) is 10. The predicted molar refractivity (Wildman–Crippen MR) is 122 cm³/mol. The van der Waals surface area contributed by atoms with Gasteiger partial charge in [-0.2, -0.15) is 15.0 Å². The van der Waals surface area contributed by atoms with Gasteiger partial charge in [0.1, 0.15) is 23.0 Å². The lowest BCUT2D eigenvalue weighted by atomic mass is 10.2. The first-order valence-electron chi connectivity index (χ1n) is 10.2. The molecule has 4 rings (SSSR count). The molecule has 0 aliphatic carbocycles. The highest BCUT2D eigenvalue weighted by Gasteiger charge is 2.29. The number of halogens is 1. The molecule has 0 bridgehead atoms. The third-order valence-corrected chi connectivity index (χ3v) is 6.72. The fourth-order valence-electron chi connectivity index (χ4n) is 3.27. The molecule has 0 spiro atoms. The lowest BCUT2D eigenvalue weighted by Crippen LogP contribution is -2.29. The van der Waals surface area contributed by atoms with E-state index in [0.717, 1.165) is 12.4 Å². The second kappa shape index (κ2) is 9.61. The summed E-state index contributed by atoms with van der Waals surface area (Å²) in [5.41, 5.74) is 0.696. The van der Waals surface area contributed by atoms with Gasteiger partial charge in [0, 0.05) is 13.5 Å². The van der Waals surface area contributed by atoms with Crippen LogP contribution in [0.25, 0.3) is 17.2 Å². The predicted octanol–water partition coefficient (Wildman–Crippen LogP) is 1.38. The number of nitrogens with zero attached hydrogens (tertiary/aromatic N) is 8. The van der Waals surface area contributed by atoms with Crippen molar-refractivity contribution in [2.75, 3.05) is 18.9 Å².